The molecule has 0 amide bonds. The minimum absolute atomic E-state index is 0.00876. The van der Waals surface area contributed by atoms with Crippen molar-refractivity contribution in [2.45, 2.75) is 25.2 Å². The van der Waals surface area contributed by atoms with Gasteiger partial charge in [0.1, 0.15) is 0 Å². The molecule has 1 rings (SSSR count). The highest BCUT2D eigenvalue weighted by molar-refractivity contribution is 5.69. The van der Waals surface area contributed by atoms with Crippen molar-refractivity contribution in [1.29, 1.82) is 0 Å². The molecule has 1 aromatic rings. The summed E-state index contributed by atoms with van der Waals surface area (Å²) in [5, 5.41) is 0. The number of hydrogen-bond acceptors (Lipinski definition) is 2. The van der Waals surface area contributed by atoms with E-state index in [-0.39, 0.29) is 12.8 Å². The molecule has 20 heavy (non-hydrogen) atoms. The Balaban J connectivity index is 2.44. The van der Waals surface area contributed by atoms with Crippen molar-refractivity contribution >= 4 is 5.97 Å². The van der Waals surface area contributed by atoms with Crippen LogP contribution in [-0.4, -0.2) is 18.8 Å². The average Bonchev–Trinajstić information content (AvgIpc) is 2.32. The molecule has 0 saturated carbocycles. The first-order valence-corrected chi connectivity index (χ1v) is 5.46. The van der Waals surface area contributed by atoms with Gasteiger partial charge in [0.15, 0.2) is 6.61 Å². The Bertz CT molecular complexity index is 447. The van der Waals surface area contributed by atoms with Gasteiger partial charge in [-0.2, -0.15) is 26.3 Å². The van der Waals surface area contributed by atoms with Crippen molar-refractivity contribution in [3.8, 4) is 0 Å². The van der Waals surface area contributed by atoms with E-state index >= 15 is 0 Å². The number of benzene rings is 1. The molecule has 0 aliphatic rings. The van der Waals surface area contributed by atoms with Gasteiger partial charge in [0.05, 0.1) is 5.56 Å². The van der Waals surface area contributed by atoms with Crippen LogP contribution in [0.15, 0.2) is 24.3 Å². The van der Waals surface area contributed by atoms with Gasteiger partial charge in [-0.3, -0.25) is 4.79 Å². The summed E-state index contributed by atoms with van der Waals surface area (Å²) < 4.78 is 76.0. The molecule has 0 spiro atoms. The van der Waals surface area contributed by atoms with Crippen LogP contribution in [-0.2, 0) is 22.1 Å². The molecule has 0 heterocycles. The molecular weight excluding hydrogens is 290 g/mol. The summed E-state index contributed by atoms with van der Waals surface area (Å²) in [6.07, 6.45) is -9.37. The van der Waals surface area contributed by atoms with Crippen LogP contribution in [0.1, 0.15) is 17.5 Å². The first-order valence-electron chi connectivity index (χ1n) is 5.46. The van der Waals surface area contributed by atoms with Gasteiger partial charge in [-0.1, -0.05) is 12.1 Å². The Hall–Kier alpha value is -1.73. The lowest BCUT2D eigenvalue weighted by Gasteiger charge is -2.09. The highest BCUT2D eigenvalue weighted by Gasteiger charge is 2.30. The van der Waals surface area contributed by atoms with Crippen LogP contribution in [0.4, 0.5) is 26.3 Å². The van der Waals surface area contributed by atoms with Crippen LogP contribution in [0.5, 0.6) is 0 Å². The predicted molar refractivity (Wildman–Crippen MR) is 56.8 cm³/mol. The molecule has 8 heteroatoms. The van der Waals surface area contributed by atoms with Crippen LogP contribution < -0.4 is 0 Å². The van der Waals surface area contributed by atoms with Crippen molar-refractivity contribution in [2.75, 3.05) is 6.61 Å². The van der Waals surface area contributed by atoms with E-state index in [1.165, 1.54) is 12.1 Å². The van der Waals surface area contributed by atoms with E-state index < -0.39 is 30.5 Å². The van der Waals surface area contributed by atoms with Gasteiger partial charge in [0.25, 0.3) is 0 Å². The number of carbonyl (C=O) groups is 1. The zero-order chi connectivity index (χ0) is 15.4. The average molecular weight is 300 g/mol. The highest BCUT2D eigenvalue weighted by Crippen LogP contribution is 2.29. The van der Waals surface area contributed by atoms with Crippen LogP contribution in [0, 0.1) is 0 Å². The Morgan fingerprint density at radius 1 is 1.00 bits per heavy atom. The molecule has 2 nitrogen and oxygen atoms in total. The van der Waals surface area contributed by atoms with Crippen molar-refractivity contribution < 1.29 is 35.9 Å². The van der Waals surface area contributed by atoms with Gasteiger partial charge in [0, 0.05) is 6.42 Å². The van der Waals surface area contributed by atoms with Crippen molar-refractivity contribution in [1.82, 2.24) is 0 Å². The second-order valence-corrected chi connectivity index (χ2v) is 3.97. The zero-order valence-corrected chi connectivity index (χ0v) is 10.0. The number of esters is 1. The van der Waals surface area contributed by atoms with Gasteiger partial charge in [-0.25, -0.2) is 0 Å². The summed E-state index contributed by atoms with van der Waals surface area (Å²) in [7, 11) is 0. The number of halogens is 6. The second-order valence-electron chi connectivity index (χ2n) is 3.97. The minimum Gasteiger partial charge on any atom is -0.456 e. The number of aryl methyl sites for hydroxylation is 1. The maximum absolute atomic E-state index is 12.3. The lowest BCUT2D eigenvalue weighted by atomic mass is 10.1. The van der Waals surface area contributed by atoms with E-state index in [0.29, 0.717) is 5.56 Å². The molecule has 0 aliphatic carbocycles. The molecule has 0 N–H and O–H groups in total. The first-order chi connectivity index (χ1) is 9.08. The third-order valence-corrected chi connectivity index (χ3v) is 2.30. The van der Waals surface area contributed by atoms with E-state index in [0.717, 1.165) is 12.1 Å². The van der Waals surface area contributed by atoms with Crippen LogP contribution >= 0.6 is 0 Å². The fourth-order valence-electron chi connectivity index (χ4n) is 1.34. The highest BCUT2D eigenvalue weighted by atomic mass is 19.4. The fraction of sp³-hybridized carbons (Fsp3) is 0.417. The standard InChI is InChI=1S/C12H10F6O2/c13-11(14,15)7-20-10(19)6-3-8-1-4-9(5-2-8)12(16,17)18/h1-2,4-5H,3,6-7H2. The normalized spacial score (nSPS) is 12.3. The molecule has 1 aromatic carbocycles. The minimum atomic E-state index is -4.59. The SMILES string of the molecule is O=C(CCc1ccc(C(F)(F)F)cc1)OCC(F)(F)F. The molecule has 0 bridgehead atoms. The Labute approximate surface area is 110 Å². The number of ether oxygens (including phenoxy) is 1. The molecule has 112 valence electrons. The summed E-state index contributed by atoms with van der Waals surface area (Å²) in [4.78, 5) is 11.0. The second kappa shape index (κ2) is 6.15. The third kappa shape index (κ3) is 5.94. The molecule has 0 atom stereocenters. The maximum atomic E-state index is 12.3. The van der Waals surface area contributed by atoms with Crippen molar-refractivity contribution in [3.05, 3.63) is 35.4 Å². The number of carbonyl (C=O) groups excluding carboxylic acids is 1. The largest absolute Gasteiger partial charge is 0.456 e. The molecule has 0 saturated heterocycles. The molecular formula is C12H10F6O2. The Kier molecular flexibility index (Phi) is 5.02. The van der Waals surface area contributed by atoms with Gasteiger partial charge in [-0.15, -0.1) is 0 Å². The van der Waals surface area contributed by atoms with Gasteiger partial charge in [0.2, 0.25) is 0 Å². The van der Waals surface area contributed by atoms with Crippen LogP contribution in [0.3, 0.4) is 0 Å². The van der Waals surface area contributed by atoms with Gasteiger partial charge >= 0.3 is 18.3 Å². The van der Waals surface area contributed by atoms with E-state index in [1.807, 2.05) is 0 Å². The summed E-state index contributed by atoms with van der Waals surface area (Å²) in [5.74, 6) is -1.05. The Morgan fingerprint density at radius 3 is 2.00 bits per heavy atom. The lowest BCUT2D eigenvalue weighted by Crippen LogP contribution is -2.20. The van der Waals surface area contributed by atoms with Crippen molar-refractivity contribution in [3.63, 3.8) is 0 Å². The van der Waals surface area contributed by atoms with E-state index in [1.54, 1.807) is 0 Å². The number of hydrogen-bond donors (Lipinski definition) is 0. The molecule has 0 radical (unpaired) electrons. The number of rotatable bonds is 4. The van der Waals surface area contributed by atoms with Gasteiger partial charge in [-0.05, 0) is 24.1 Å². The van der Waals surface area contributed by atoms with Crippen molar-refractivity contribution in [2.24, 2.45) is 0 Å². The lowest BCUT2D eigenvalue weighted by molar-refractivity contribution is -0.186. The number of alkyl halides is 6. The monoisotopic (exact) mass is 300 g/mol. The first kappa shape index (κ1) is 16.3. The van der Waals surface area contributed by atoms with Crippen LogP contribution in [0.2, 0.25) is 0 Å². The summed E-state index contributed by atoms with van der Waals surface area (Å²) in [6.45, 7) is -1.67. The predicted octanol–water partition coefficient (Wildman–Crippen LogP) is 3.74. The topological polar surface area (TPSA) is 26.3 Å². The van der Waals surface area contributed by atoms with E-state index in [2.05, 4.69) is 4.74 Å². The summed E-state index contributed by atoms with van der Waals surface area (Å²) in [5.41, 5.74) is -0.428. The zero-order valence-electron chi connectivity index (χ0n) is 10.0. The smallest absolute Gasteiger partial charge is 0.422 e. The molecule has 0 aliphatic heterocycles. The molecule has 0 fully saturated rings. The quantitative estimate of drug-likeness (QED) is 0.625. The third-order valence-electron chi connectivity index (χ3n) is 2.30. The van der Waals surface area contributed by atoms with E-state index in [4.69, 9.17) is 0 Å². The maximum Gasteiger partial charge on any atom is 0.422 e. The Morgan fingerprint density at radius 2 is 1.55 bits per heavy atom. The summed E-state index contributed by atoms with van der Waals surface area (Å²) >= 11 is 0. The van der Waals surface area contributed by atoms with Crippen LogP contribution in [0.25, 0.3) is 0 Å². The molecule has 0 aromatic heterocycles. The van der Waals surface area contributed by atoms with E-state index in [9.17, 15) is 31.1 Å². The fourth-order valence-corrected chi connectivity index (χ4v) is 1.34. The molecule has 0 unspecified atom stereocenters. The summed E-state index contributed by atoms with van der Waals surface area (Å²) in [6, 6.07) is 4.02. The van der Waals surface area contributed by atoms with Gasteiger partial charge < -0.3 is 4.74 Å².